The van der Waals surface area contributed by atoms with Crippen LogP contribution in [-0.4, -0.2) is 4.98 Å². The topological polar surface area (TPSA) is 67.0 Å². The first-order valence-electron chi connectivity index (χ1n) is 4.14. The number of hydrazine groups is 1. The molecule has 5 heteroatoms. The summed E-state index contributed by atoms with van der Waals surface area (Å²) >= 11 is 3.25. The second kappa shape index (κ2) is 4.00. The molecule has 0 saturated heterocycles. The molecule has 1 unspecified atom stereocenters. The lowest BCUT2D eigenvalue weighted by atomic mass is 10.1. The van der Waals surface area contributed by atoms with Crippen LogP contribution in [0.25, 0.3) is 0 Å². The molecule has 0 amide bonds. The third kappa shape index (κ3) is 1.75. The highest BCUT2D eigenvalue weighted by Gasteiger charge is 2.14. The highest BCUT2D eigenvalue weighted by Crippen LogP contribution is 2.24. The minimum absolute atomic E-state index is 0.0694. The quantitative estimate of drug-likeness (QED) is 0.580. The molecule has 2 aromatic heterocycles. The van der Waals surface area contributed by atoms with Crippen molar-refractivity contribution in [1.29, 1.82) is 0 Å². The first-order chi connectivity index (χ1) is 6.81. The summed E-state index contributed by atoms with van der Waals surface area (Å²) in [6.07, 6.45) is 3.52. The summed E-state index contributed by atoms with van der Waals surface area (Å²) in [6, 6.07) is 5.70. The maximum absolute atomic E-state index is 5.48. The van der Waals surface area contributed by atoms with Gasteiger partial charge in [0.15, 0.2) is 4.67 Å². The Morgan fingerprint density at radius 1 is 1.57 bits per heavy atom. The van der Waals surface area contributed by atoms with Crippen molar-refractivity contribution < 1.29 is 4.42 Å². The van der Waals surface area contributed by atoms with Crippen LogP contribution in [0.2, 0.25) is 0 Å². The largest absolute Gasteiger partial charge is 0.457 e. The van der Waals surface area contributed by atoms with Gasteiger partial charge in [0.2, 0.25) is 0 Å². The van der Waals surface area contributed by atoms with E-state index in [0.29, 0.717) is 4.67 Å². The summed E-state index contributed by atoms with van der Waals surface area (Å²) in [5, 5.41) is 0. The maximum atomic E-state index is 5.48. The maximum Gasteiger partial charge on any atom is 0.169 e. The van der Waals surface area contributed by atoms with Crippen molar-refractivity contribution in [2.45, 2.75) is 6.04 Å². The van der Waals surface area contributed by atoms with Gasteiger partial charge in [-0.2, -0.15) is 0 Å². The number of H-pyrrole nitrogens is 1. The van der Waals surface area contributed by atoms with E-state index in [-0.39, 0.29) is 6.04 Å². The first-order valence-corrected chi connectivity index (χ1v) is 4.94. The van der Waals surface area contributed by atoms with Crippen LogP contribution >= 0.6 is 15.9 Å². The molecule has 0 saturated carbocycles. The monoisotopic (exact) mass is 255 g/mol. The Morgan fingerprint density at radius 3 is 2.93 bits per heavy atom. The van der Waals surface area contributed by atoms with E-state index >= 15 is 0 Å². The normalized spacial score (nSPS) is 13.0. The van der Waals surface area contributed by atoms with Crippen LogP contribution in [0.15, 0.2) is 39.7 Å². The number of aromatic nitrogens is 1. The average Bonchev–Trinajstić information content (AvgIpc) is 2.79. The molecular formula is C9H10BrN3O. The smallest absolute Gasteiger partial charge is 0.169 e. The molecule has 0 aliphatic heterocycles. The van der Waals surface area contributed by atoms with Crippen LogP contribution in [0.5, 0.6) is 0 Å². The van der Waals surface area contributed by atoms with Gasteiger partial charge in [-0.1, -0.05) is 0 Å². The van der Waals surface area contributed by atoms with Gasteiger partial charge in [0, 0.05) is 17.5 Å². The summed E-state index contributed by atoms with van der Waals surface area (Å²) in [7, 11) is 0. The van der Waals surface area contributed by atoms with E-state index in [1.165, 1.54) is 0 Å². The molecular weight excluding hydrogens is 246 g/mol. The summed E-state index contributed by atoms with van der Waals surface area (Å²) in [5.74, 6) is 5.48. The van der Waals surface area contributed by atoms with Gasteiger partial charge in [-0.05, 0) is 34.1 Å². The van der Waals surface area contributed by atoms with Crippen LogP contribution in [0.4, 0.5) is 0 Å². The molecule has 0 radical (unpaired) electrons. The molecule has 0 fully saturated rings. The molecule has 2 heterocycles. The minimum atomic E-state index is -0.0694. The number of nitrogens with two attached hydrogens (primary N) is 1. The van der Waals surface area contributed by atoms with E-state index in [4.69, 9.17) is 10.3 Å². The van der Waals surface area contributed by atoms with Gasteiger partial charge in [0.05, 0.1) is 12.3 Å². The average molecular weight is 256 g/mol. The van der Waals surface area contributed by atoms with Crippen molar-refractivity contribution in [2.24, 2.45) is 5.84 Å². The summed E-state index contributed by atoms with van der Waals surface area (Å²) in [6.45, 7) is 0. The van der Waals surface area contributed by atoms with E-state index in [9.17, 15) is 0 Å². The van der Waals surface area contributed by atoms with E-state index in [1.807, 2.05) is 24.4 Å². The van der Waals surface area contributed by atoms with Gasteiger partial charge in [0.1, 0.15) is 0 Å². The molecule has 0 spiro atoms. The Kier molecular flexibility index (Phi) is 2.72. The SMILES string of the molecule is NNC(c1coc(Br)c1)c1ccc[nH]1. The van der Waals surface area contributed by atoms with Crippen LogP contribution in [-0.2, 0) is 0 Å². The van der Waals surface area contributed by atoms with Gasteiger partial charge in [-0.25, -0.2) is 5.43 Å². The second-order valence-electron chi connectivity index (χ2n) is 2.91. The number of aromatic amines is 1. The Balaban J connectivity index is 2.31. The highest BCUT2D eigenvalue weighted by molar-refractivity contribution is 9.10. The fourth-order valence-electron chi connectivity index (χ4n) is 1.36. The lowest BCUT2D eigenvalue weighted by Gasteiger charge is -2.11. The Morgan fingerprint density at radius 2 is 2.43 bits per heavy atom. The summed E-state index contributed by atoms with van der Waals surface area (Å²) in [5.41, 5.74) is 4.70. The highest BCUT2D eigenvalue weighted by atomic mass is 79.9. The molecule has 14 heavy (non-hydrogen) atoms. The van der Waals surface area contributed by atoms with E-state index in [0.717, 1.165) is 11.3 Å². The van der Waals surface area contributed by atoms with Gasteiger partial charge in [-0.3, -0.25) is 5.84 Å². The number of furan rings is 1. The molecule has 0 aliphatic rings. The molecule has 0 aromatic carbocycles. The molecule has 1 atom stereocenters. The summed E-state index contributed by atoms with van der Waals surface area (Å²) in [4.78, 5) is 3.10. The number of halogens is 1. The number of hydrogen-bond acceptors (Lipinski definition) is 3. The zero-order chi connectivity index (χ0) is 9.97. The molecule has 0 aliphatic carbocycles. The predicted octanol–water partition coefficient (Wildman–Crippen LogP) is 1.92. The lowest BCUT2D eigenvalue weighted by molar-refractivity contribution is 0.530. The van der Waals surface area contributed by atoms with Crippen molar-refractivity contribution in [3.05, 3.63) is 46.6 Å². The molecule has 4 N–H and O–H groups in total. The number of rotatable bonds is 3. The lowest BCUT2D eigenvalue weighted by Crippen LogP contribution is -2.28. The fraction of sp³-hybridized carbons (Fsp3) is 0.111. The second-order valence-corrected chi connectivity index (χ2v) is 3.69. The molecule has 2 rings (SSSR count). The Labute approximate surface area is 89.6 Å². The number of hydrogen-bond donors (Lipinski definition) is 3. The van der Waals surface area contributed by atoms with Gasteiger partial charge < -0.3 is 9.40 Å². The molecule has 0 bridgehead atoms. The van der Waals surface area contributed by atoms with Gasteiger partial charge >= 0.3 is 0 Å². The van der Waals surface area contributed by atoms with E-state index < -0.39 is 0 Å². The number of nitrogens with one attached hydrogen (secondary N) is 2. The standard InChI is InChI=1S/C9H10BrN3O/c10-8-4-6(5-14-8)9(13-11)7-2-1-3-12-7/h1-5,9,12-13H,11H2. The van der Waals surface area contributed by atoms with Crippen LogP contribution in [0.3, 0.4) is 0 Å². The van der Waals surface area contributed by atoms with Crippen LogP contribution < -0.4 is 11.3 Å². The predicted molar refractivity (Wildman–Crippen MR) is 56.4 cm³/mol. The van der Waals surface area contributed by atoms with Crippen molar-refractivity contribution in [1.82, 2.24) is 10.4 Å². The first kappa shape index (κ1) is 9.51. The molecule has 2 aromatic rings. The molecule has 74 valence electrons. The third-order valence-electron chi connectivity index (χ3n) is 2.02. The summed E-state index contributed by atoms with van der Waals surface area (Å²) < 4.78 is 5.85. The third-order valence-corrected chi connectivity index (χ3v) is 2.44. The Bertz CT molecular complexity index is 396. The van der Waals surface area contributed by atoms with Crippen LogP contribution in [0.1, 0.15) is 17.3 Å². The van der Waals surface area contributed by atoms with Crippen molar-refractivity contribution in [3.63, 3.8) is 0 Å². The zero-order valence-electron chi connectivity index (χ0n) is 7.33. The minimum Gasteiger partial charge on any atom is -0.457 e. The zero-order valence-corrected chi connectivity index (χ0v) is 8.91. The van der Waals surface area contributed by atoms with E-state index in [2.05, 4.69) is 26.3 Å². The Hall–Kier alpha value is -1.04. The van der Waals surface area contributed by atoms with E-state index in [1.54, 1.807) is 6.26 Å². The molecule has 4 nitrogen and oxygen atoms in total. The van der Waals surface area contributed by atoms with Gasteiger partial charge in [-0.15, -0.1) is 0 Å². The van der Waals surface area contributed by atoms with Gasteiger partial charge in [0.25, 0.3) is 0 Å². The van der Waals surface area contributed by atoms with Crippen LogP contribution in [0, 0.1) is 0 Å². The van der Waals surface area contributed by atoms with Crippen molar-refractivity contribution in [3.8, 4) is 0 Å². The van der Waals surface area contributed by atoms with Crippen molar-refractivity contribution in [2.75, 3.05) is 0 Å². The van der Waals surface area contributed by atoms with Crippen molar-refractivity contribution >= 4 is 15.9 Å². The fourth-order valence-corrected chi connectivity index (χ4v) is 1.72.